The first-order valence-electron chi connectivity index (χ1n) is 6.71. The van der Waals surface area contributed by atoms with Crippen LogP contribution >= 0.6 is 11.3 Å². The number of hydrogen-bond donors (Lipinski definition) is 2. The van der Waals surface area contributed by atoms with E-state index in [0.29, 0.717) is 17.6 Å². The van der Waals surface area contributed by atoms with E-state index in [-0.39, 0.29) is 11.8 Å². The minimum atomic E-state index is -4.98. The Bertz CT molecular complexity index is 877. The van der Waals surface area contributed by atoms with Gasteiger partial charge in [0.2, 0.25) is 0 Å². The van der Waals surface area contributed by atoms with Crippen molar-refractivity contribution >= 4 is 33.1 Å². The van der Waals surface area contributed by atoms with Crippen molar-refractivity contribution in [2.75, 3.05) is 5.32 Å². The lowest BCUT2D eigenvalue weighted by Gasteiger charge is -2.14. The van der Waals surface area contributed by atoms with Gasteiger partial charge < -0.3 is 10.3 Å². The normalized spacial score (nSPS) is 12.6. The molecule has 0 bridgehead atoms. The number of benzene rings is 1. The highest BCUT2D eigenvalue weighted by molar-refractivity contribution is 7.17. The van der Waals surface area contributed by atoms with E-state index in [0.717, 1.165) is 4.70 Å². The van der Waals surface area contributed by atoms with Gasteiger partial charge in [-0.2, -0.15) is 26.3 Å². The fourth-order valence-corrected chi connectivity index (χ4v) is 2.98. The van der Waals surface area contributed by atoms with Gasteiger partial charge in [-0.1, -0.05) is 0 Å². The third-order valence-electron chi connectivity index (χ3n) is 3.33. The molecule has 0 saturated carbocycles. The molecule has 25 heavy (non-hydrogen) atoms. The predicted molar refractivity (Wildman–Crippen MR) is 80.6 cm³/mol. The number of hydrogen-bond acceptors (Lipinski definition) is 2. The summed E-state index contributed by atoms with van der Waals surface area (Å²) < 4.78 is 77.6. The van der Waals surface area contributed by atoms with E-state index in [1.165, 1.54) is 17.4 Å². The van der Waals surface area contributed by atoms with Crippen LogP contribution in [0.3, 0.4) is 0 Å². The van der Waals surface area contributed by atoms with Gasteiger partial charge in [-0.15, -0.1) is 11.3 Å². The molecule has 0 aliphatic heterocycles. The molecule has 3 nitrogen and oxygen atoms in total. The standard InChI is InChI=1S/C15H8F6N2OS/c16-14(17,18)7-3-8(15(19,20)21)5-9(4-7)22-13(24)11-6-12-10(23-11)1-2-25-12/h1-6,23H,(H,22,24). The van der Waals surface area contributed by atoms with E-state index in [1.54, 1.807) is 11.4 Å². The summed E-state index contributed by atoms with van der Waals surface area (Å²) in [5.74, 6) is -0.837. The number of carbonyl (C=O) groups excluding carboxylic acids is 1. The first-order valence-corrected chi connectivity index (χ1v) is 7.59. The van der Waals surface area contributed by atoms with Crippen LogP contribution in [0.15, 0.2) is 35.7 Å². The lowest BCUT2D eigenvalue weighted by molar-refractivity contribution is -0.143. The molecule has 0 fully saturated rings. The highest BCUT2D eigenvalue weighted by Gasteiger charge is 2.37. The van der Waals surface area contributed by atoms with Gasteiger partial charge in [-0.25, -0.2) is 0 Å². The maximum absolute atomic E-state index is 12.8. The quantitative estimate of drug-likeness (QED) is 0.567. The Labute approximate surface area is 140 Å². The Morgan fingerprint density at radius 2 is 1.56 bits per heavy atom. The van der Waals surface area contributed by atoms with Crippen LogP contribution in [0.5, 0.6) is 0 Å². The maximum Gasteiger partial charge on any atom is 0.416 e. The number of aromatic amines is 1. The average Bonchev–Trinajstić information content (AvgIpc) is 3.06. The minimum absolute atomic E-state index is 0.000272. The predicted octanol–water partition coefficient (Wildman–Crippen LogP) is 5.52. The lowest BCUT2D eigenvalue weighted by atomic mass is 10.1. The van der Waals surface area contributed by atoms with Crippen LogP contribution in [0.4, 0.5) is 32.0 Å². The monoisotopic (exact) mass is 378 g/mol. The van der Waals surface area contributed by atoms with Gasteiger partial charge >= 0.3 is 12.4 Å². The molecule has 2 heterocycles. The zero-order valence-corrected chi connectivity index (χ0v) is 12.9. The molecule has 2 aromatic heterocycles. The molecule has 0 unspecified atom stereocenters. The van der Waals surface area contributed by atoms with Crippen molar-refractivity contribution in [2.45, 2.75) is 12.4 Å². The Morgan fingerprint density at radius 3 is 2.08 bits per heavy atom. The summed E-state index contributed by atoms with van der Waals surface area (Å²) in [5, 5.41) is 3.84. The van der Waals surface area contributed by atoms with Crippen molar-refractivity contribution in [1.82, 2.24) is 4.98 Å². The van der Waals surface area contributed by atoms with Crippen molar-refractivity contribution in [3.8, 4) is 0 Å². The topological polar surface area (TPSA) is 44.9 Å². The summed E-state index contributed by atoms with van der Waals surface area (Å²) in [6.07, 6.45) is -9.95. The third-order valence-corrected chi connectivity index (χ3v) is 4.19. The number of carbonyl (C=O) groups is 1. The fourth-order valence-electron chi connectivity index (χ4n) is 2.20. The number of thiophene rings is 1. The van der Waals surface area contributed by atoms with Crippen LogP contribution in [0, 0.1) is 0 Å². The molecule has 0 aliphatic rings. The van der Waals surface area contributed by atoms with E-state index >= 15 is 0 Å². The van der Waals surface area contributed by atoms with Crippen LogP contribution in [-0.2, 0) is 12.4 Å². The number of rotatable bonds is 2. The lowest BCUT2D eigenvalue weighted by Crippen LogP contribution is -2.16. The summed E-state index contributed by atoms with van der Waals surface area (Å²) in [5.41, 5.74) is -2.90. The number of H-pyrrole nitrogens is 1. The molecule has 0 spiro atoms. The molecule has 3 aromatic rings. The van der Waals surface area contributed by atoms with Crippen molar-refractivity contribution in [3.05, 3.63) is 52.5 Å². The molecule has 0 radical (unpaired) electrons. The van der Waals surface area contributed by atoms with E-state index in [1.807, 2.05) is 0 Å². The van der Waals surface area contributed by atoms with E-state index in [2.05, 4.69) is 10.3 Å². The Morgan fingerprint density at radius 1 is 0.960 bits per heavy atom. The van der Waals surface area contributed by atoms with E-state index in [9.17, 15) is 31.1 Å². The number of amides is 1. The molecular formula is C15H8F6N2OS. The molecule has 0 aliphatic carbocycles. The molecular weight excluding hydrogens is 370 g/mol. The van der Waals surface area contributed by atoms with Gasteiger partial charge in [0.25, 0.3) is 5.91 Å². The molecule has 10 heteroatoms. The number of alkyl halides is 6. The van der Waals surface area contributed by atoms with E-state index in [4.69, 9.17) is 0 Å². The number of anilines is 1. The largest absolute Gasteiger partial charge is 0.416 e. The zero-order chi connectivity index (χ0) is 18.4. The first-order chi connectivity index (χ1) is 11.5. The smallest absolute Gasteiger partial charge is 0.350 e. The average molecular weight is 378 g/mol. The van der Waals surface area contributed by atoms with Crippen LogP contribution < -0.4 is 5.32 Å². The Balaban J connectivity index is 1.95. The number of fused-ring (bicyclic) bond motifs is 1. The summed E-state index contributed by atoms with van der Waals surface area (Å²) in [7, 11) is 0. The van der Waals surface area contributed by atoms with Crippen molar-refractivity contribution in [3.63, 3.8) is 0 Å². The third kappa shape index (κ3) is 3.63. The van der Waals surface area contributed by atoms with Crippen molar-refractivity contribution in [1.29, 1.82) is 0 Å². The molecule has 3 rings (SSSR count). The van der Waals surface area contributed by atoms with Crippen LogP contribution in [0.2, 0.25) is 0 Å². The molecule has 132 valence electrons. The van der Waals surface area contributed by atoms with Gasteiger partial charge in [0.1, 0.15) is 5.69 Å². The van der Waals surface area contributed by atoms with Crippen LogP contribution in [0.25, 0.3) is 10.2 Å². The van der Waals surface area contributed by atoms with E-state index < -0.39 is 35.1 Å². The minimum Gasteiger partial charge on any atom is -0.350 e. The highest BCUT2D eigenvalue weighted by atomic mass is 32.1. The summed E-state index contributed by atoms with van der Waals surface area (Å²) in [4.78, 5) is 14.8. The zero-order valence-electron chi connectivity index (χ0n) is 12.0. The van der Waals surface area contributed by atoms with Crippen LogP contribution in [-0.4, -0.2) is 10.9 Å². The number of nitrogens with one attached hydrogen (secondary N) is 2. The second kappa shape index (κ2) is 5.80. The number of aromatic nitrogens is 1. The maximum atomic E-state index is 12.8. The van der Waals surface area contributed by atoms with Gasteiger partial charge in [0.15, 0.2) is 0 Å². The summed E-state index contributed by atoms with van der Waals surface area (Å²) in [6.45, 7) is 0. The second-order valence-electron chi connectivity index (χ2n) is 5.13. The van der Waals surface area contributed by atoms with Gasteiger partial charge in [-0.05, 0) is 35.7 Å². The Kier molecular flexibility index (Phi) is 4.02. The SMILES string of the molecule is O=C(Nc1cc(C(F)(F)F)cc(C(F)(F)F)c1)c1cc2sccc2[nH]1. The molecule has 2 N–H and O–H groups in total. The second-order valence-corrected chi connectivity index (χ2v) is 6.08. The molecule has 1 aromatic carbocycles. The molecule has 0 saturated heterocycles. The van der Waals surface area contributed by atoms with Crippen molar-refractivity contribution in [2.24, 2.45) is 0 Å². The number of halogens is 6. The Hall–Kier alpha value is -2.49. The van der Waals surface area contributed by atoms with Crippen molar-refractivity contribution < 1.29 is 31.1 Å². The van der Waals surface area contributed by atoms with Gasteiger partial charge in [0.05, 0.1) is 21.3 Å². The fraction of sp³-hybridized carbons (Fsp3) is 0.133. The summed E-state index contributed by atoms with van der Waals surface area (Å²) >= 11 is 1.33. The molecule has 0 atom stereocenters. The first kappa shape index (κ1) is 17.3. The summed E-state index contributed by atoms with van der Waals surface area (Å²) in [6, 6.07) is 4.08. The molecule has 1 amide bonds. The van der Waals surface area contributed by atoms with Gasteiger partial charge in [-0.3, -0.25) is 4.79 Å². The highest BCUT2D eigenvalue weighted by Crippen LogP contribution is 2.37. The van der Waals surface area contributed by atoms with Gasteiger partial charge in [0, 0.05) is 5.69 Å². The van der Waals surface area contributed by atoms with Crippen LogP contribution in [0.1, 0.15) is 21.6 Å².